The molecular weight excluding hydrogens is 234 g/mol. The molecule has 2 aromatic rings. The molecule has 1 N–H and O–H groups in total. The van der Waals surface area contributed by atoms with Gasteiger partial charge in [0.05, 0.1) is 5.69 Å². The lowest BCUT2D eigenvalue weighted by Gasteiger charge is -2.04. The molecule has 2 aromatic heterocycles. The van der Waals surface area contributed by atoms with E-state index in [2.05, 4.69) is 20.7 Å². The average Bonchev–Trinajstić information content (AvgIpc) is 2.86. The fourth-order valence-electron chi connectivity index (χ4n) is 1.55. The molecule has 2 rings (SSSR count). The number of hydrogen-bond donors (Lipinski definition) is 1. The van der Waals surface area contributed by atoms with Crippen LogP contribution in [0.1, 0.15) is 17.1 Å². The minimum absolute atomic E-state index is 0.648. The molecule has 0 saturated carbocycles. The van der Waals surface area contributed by atoms with Gasteiger partial charge in [0.15, 0.2) is 0 Å². The quantitative estimate of drug-likeness (QED) is 0.893. The molecule has 0 aliphatic carbocycles. The van der Waals surface area contributed by atoms with Crippen LogP contribution in [0.3, 0.4) is 0 Å². The monoisotopic (exact) mass is 247 g/mol. The lowest BCUT2D eigenvalue weighted by atomic mass is 10.3. The third-order valence-electron chi connectivity index (χ3n) is 2.53. The molecule has 88 valence electrons. The molecule has 0 spiro atoms. The van der Waals surface area contributed by atoms with E-state index in [0.717, 1.165) is 29.5 Å². The highest BCUT2D eigenvalue weighted by molar-refractivity contribution is 7.10. The van der Waals surface area contributed by atoms with E-state index < -0.39 is 0 Å². The van der Waals surface area contributed by atoms with Crippen LogP contribution in [0, 0.1) is 18.3 Å². The van der Waals surface area contributed by atoms with Gasteiger partial charge in [-0.3, -0.25) is 0 Å². The van der Waals surface area contributed by atoms with Crippen LogP contribution in [-0.4, -0.2) is 20.5 Å². The minimum Gasteiger partial charge on any atom is -0.374 e. The maximum atomic E-state index is 8.98. The normalized spacial score (nSPS) is 10.2. The van der Waals surface area contributed by atoms with Crippen LogP contribution < -0.4 is 5.32 Å². The van der Waals surface area contributed by atoms with Gasteiger partial charge in [0.1, 0.15) is 22.5 Å². The summed E-state index contributed by atoms with van der Waals surface area (Å²) in [6, 6.07) is 2.16. The van der Waals surface area contributed by atoms with Gasteiger partial charge in [0.25, 0.3) is 0 Å². The fraction of sp³-hybridized carbons (Fsp3) is 0.364. The molecule has 5 nitrogen and oxygen atoms in total. The van der Waals surface area contributed by atoms with Gasteiger partial charge < -0.3 is 9.88 Å². The Morgan fingerprint density at radius 3 is 3.06 bits per heavy atom. The zero-order chi connectivity index (χ0) is 12.3. The zero-order valence-corrected chi connectivity index (χ0v) is 10.6. The summed E-state index contributed by atoms with van der Waals surface area (Å²) in [5, 5.41) is 13.1. The largest absolute Gasteiger partial charge is 0.374 e. The summed E-state index contributed by atoms with van der Waals surface area (Å²) in [4.78, 5) is 4.24. The van der Waals surface area contributed by atoms with Crippen LogP contribution in [0.4, 0.5) is 5.00 Å². The van der Waals surface area contributed by atoms with Crippen LogP contribution in [0.15, 0.2) is 12.4 Å². The SMILES string of the molecule is Cc1nsc(NCCc2nccn2C)c1C#N. The Kier molecular flexibility index (Phi) is 3.40. The van der Waals surface area contributed by atoms with E-state index in [9.17, 15) is 0 Å². The topological polar surface area (TPSA) is 66.5 Å². The molecule has 0 aliphatic heterocycles. The number of aryl methyl sites for hydroxylation is 2. The van der Waals surface area contributed by atoms with E-state index in [1.165, 1.54) is 11.5 Å². The molecule has 0 radical (unpaired) electrons. The number of rotatable bonds is 4. The highest BCUT2D eigenvalue weighted by atomic mass is 32.1. The Bertz CT molecular complexity index is 548. The van der Waals surface area contributed by atoms with Crippen molar-refractivity contribution in [2.75, 3.05) is 11.9 Å². The molecule has 0 fully saturated rings. The Morgan fingerprint density at radius 1 is 1.59 bits per heavy atom. The molecule has 0 bridgehead atoms. The molecular formula is C11H13N5S. The zero-order valence-electron chi connectivity index (χ0n) is 9.77. The van der Waals surface area contributed by atoms with Crippen LogP contribution in [0.2, 0.25) is 0 Å². The van der Waals surface area contributed by atoms with Gasteiger partial charge in [0.2, 0.25) is 0 Å². The minimum atomic E-state index is 0.648. The van der Waals surface area contributed by atoms with Gasteiger partial charge in [-0.1, -0.05) is 0 Å². The summed E-state index contributed by atoms with van der Waals surface area (Å²) in [5.74, 6) is 1.03. The van der Waals surface area contributed by atoms with Gasteiger partial charge in [-0.25, -0.2) is 4.98 Å². The number of hydrogen-bond acceptors (Lipinski definition) is 5. The highest BCUT2D eigenvalue weighted by Crippen LogP contribution is 2.22. The van der Waals surface area contributed by atoms with E-state index in [0.29, 0.717) is 5.56 Å². The first-order valence-corrected chi connectivity index (χ1v) is 6.06. The second-order valence-electron chi connectivity index (χ2n) is 3.72. The second kappa shape index (κ2) is 4.97. The standard InChI is InChI=1S/C11H13N5S/c1-8-9(7-12)11(17-15-8)14-4-3-10-13-5-6-16(10)2/h5-6,14H,3-4H2,1-2H3. The Hall–Kier alpha value is -1.87. The second-order valence-corrected chi connectivity index (χ2v) is 4.49. The predicted molar refractivity (Wildman–Crippen MR) is 67.0 cm³/mol. The summed E-state index contributed by atoms with van der Waals surface area (Å²) in [5.41, 5.74) is 1.44. The number of aromatic nitrogens is 3. The maximum Gasteiger partial charge on any atom is 0.127 e. The molecule has 0 aromatic carbocycles. The molecule has 2 heterocycles. The van der Waals surface area contributed by atoms with E-state index in [1.807, 2.05) is 24.7 Å². The Labute approximate surface area is 104 Å². The summed E-state index contributed by atoms with van der Waals surface area (Å²) in [6.45, 7) is 2.60. The van der Waals surface area contributed by atoms with E-state index in [-0.39, 0.29) is 0 Å². The molecule has 0 atom stereocenters. The first-order chi connectivity index (χ1) is 8.22. The summed E-state index contributed by atoms with van der Waals surface area (Å²) in [6.07, 6.45) is 4.53. The van der Waals surface area contributed by atoms with Crippen molar-refractivity contribution in [1.29, 1.82) is 5.26 Å². The van der Waals surface area contributed by atoms with Crippen molar-refractivity contribution < 1.29 is 0 Å². The average molecular weight is 247 g/mol. The third kappa shape index (κ3) is 2.45. The van der Waals surface area contributed by atoms with Crippen molar-refractivity contribution in [1.82, 2.24) is 13.9 Å². The number of nitrogens with zero attached hydrogens (tertiary/aromatic N) is 4. The van der Waals surface area contributed by atoms with Crippen molar-refractivity contribution in [2.45, 2.75) is 13.3 Å². The van der Waals surface area contributed by atoms with Crippen LogP contribution in [0.25, 0.3) is 0 Å². The summed E-state index contributed by atoms with van der Waals surface area (Å²) >= 11 is 1.33. The molecule has 0 amide bonds. The van der Waals surface area contributed by atoms with Gasteiger partial charge in [-0.05, 0) is 18.5 Å². The predicted octanol–water partition coefficient (Wildman–Crippen LogP) is 1.71. The van der Waals surface area contributed by atoms with Crippen molar-refractivity contribution in [3.63, 3.8) is 0 Å². The molecule has 17 heavy (non-hydrogen) atoms. The molecule has 0 aliphatic rings. The molecule has 0 saturated heterocycles. The lowest BCUT2D eigenvalue weighted by molar-refractivity contribution is 0.790. The van der Waals surface area contributed by atoms with Gasteiger partial charge in [0, 0.05) is 32.4 Å². The van der Waals surface area contributed by atoms with Crippen molar-refractivity contribution in [3.05, 3.63) is 29.5 Å². The Morgan fingerprint density at radius 2 is 2.41 bits per heavy atom. The van der Waals surface area contributed by atoms with E-state index in [4.69, 9.17) is 5.26 Å². The van der Waals surface area contributed by atoms with E-state index >= 15 is 0 Å². The smallest absolute Gasteiger partial charge is 0.127 e. The number of nitrogens with one attached hydrogen (secondary N) is 1. The highest BCUT2D eigenvalue weighted by Gasteiger charge is 2.09. The fourth-order valence-corrected chi connectivity index (χ4v) is 2.32. The Balaban J connectivity index is 1.95. The number of nitriles is 1. The van der Waals surface area contributed by atoms with Crippen molar-refractivity contribution in [3.8, 4) is 6.07 Å². The number of imidazole rings is 1. The third-order valence-corrected chi connectivity index (χ3v) is 3.43. The summed E-state index contributed by atoms with van der Waals surface area (Å²) < 4.78 is 6.15. The molecule has 6 heteroatoms. The van der Waals surface area contributed by atoms with Gasteiger partial charge >= 0.3 is 0 Å². The van der Waals surface area contributed by atoms with Crippen LogP contribution in [-0.2, 0) is 13.5 Å². The van der Waals surface area contributed by atoms with Gasteiger partial charge in [-0.15, -0.1) is 0 Å². The van der Waals surface area contributed by atoms with Gasteiger partial charge in [-0.2, -0.15) is 9.64 Å². The van der Waals surface area contributed by atoms with Crippen molar-refractivity contribution >= 4 is 16.5 Å². The number of anilines is 1. The van der Waals surface area contributed by atoms with Crippen molar-refractivity contribution in [2.24, 2.45) is 7.05 Å². The first-order valence-electron chi connectivity index (χ1n) is 5.29. The van der Waals surface area contributed by atoms with Crippen LogP contribution >= 0.6 is 11.5 Å². The van der Waals surface area contributed by atoms with Crippen LogP contribution in [0.5, 0.6) is 0 Å². The lowest BCUT2D eigenvalue weighted by Crippen LogP contribution is -2.08. The summed E-state index contributed by atoms with van der Waals surface area (Å²) in [7, 11) is 1.97. The van der Waals surface area contributed by atoms with E-state index in [1.54, 1.807) is 6.20 Å². The molecule has 0 unspecified atom stereocenters. The first kappa shape index (κ1) is 11.6. The maximum absolute atomic E-state index is 8.98.